The van der Waals surface area contributed by atoms with Gasteiger partial charge < -0.3 is 9.26 Å². The Bertz CT molecular complexity index is 595. The smallest absolute Gasteiger partial charge is 0.307 e. The third kappa shape index (κ3) is 4.04. The Hall–Kier alpha value is -1.41. The highest BCUT2D eigenvalue weighted by molar-refractivity contribution is 7.88. The molecule has 1 unspecified atom stereocenters. The van der Waals surface area contributed by atoms with E-state index in [1.807, 2.05) is 0 Å². The molecule has 7 nitrogen and oxygen atoms in total. The van der Waals surface area contributed by atoms with Gasteiger partial charge >= 0.3 is 5.97 Å². The average Bonchev–Trinajstić information content (AvgIpc) is 2.83. The van der Waals surface area contributed by atoms with E-state index in [9.17, 15) is 13.2 Å². The second-order valence-corrected chi connectivity index (χ2v) is 7.15. The number of esters is 1. The predicted molar refractivity (Wildman–Crippen MR) is 74.8 cm³/mol. The second kappa shape index (κ2) is 6.57. The van der Waals surface area contributed by atoms with E-state index in [0.29, 0.717) is 24.4 Å². The van der Waals surface area contributed by atoms with Gasteiger partial charge in [-0.05, 0) is 19.8 Å². The maximum atomic E-state index is 12.5. The summed E-state index contributed by atoms with van der Waals surface area (Å²) in [4.78, 5) is 11.4. The van der Waals surface area contributed by atoms with Crippen LogP contribution in [0.2, 0.25) is 0 Å². The van der Waals surface area contributed by atoms with E-state index >= 15 is 0 Å². The molecule has 2 rings (SSSR count). The summed E-state index contributed by atoms with van der Waals surface area (Å²) in [6.45, 7) is 2.14. The fourth-order valence-electron chi connectivity index (χ4n) is 2.58. The van der Waals surface area contributed by atoms with Gasteiger partial charge in [0.05, 0.1) is 13.5 Å². The van der Waals surface area contributed by atoms with Crippen LogP contribution in [0, 0.1) is 6.92 Å². The van der Waals surface area contributed by atoms with Gasteiger partial charge in [-0.15, -0.1) is 0 Å². The largest absolute Gasteiger partial charge is 0.469 e. The predicted octanol–water partition coefficient (Wildman–Crippen LogP) is 1.23. The first-order valence-electron chi connectivity index (χ1n) is 6.91. The quantitative estimate of drug-likeness (QED) is 0.759. The summed E-state index contributed by atoms with van der Waals surface area (Å²) < 4.78 is 36.0. The zero-order valence-corrected chi connectivity index (χ0v) is 13.1. The van der Waals surface area contributed by atoms with Gasteiger partial charge in [0, 0.05) is 18.7 Å². The summed E-state index contributed by atoms with van der Waals surface area (Å²) >= 11 is 0. The fourth-order valence-corrected chi connectivity index (χ4v) is 4.29. The molecule has 0 bridgehead atoms. The van der Waals surface area contributed by atoms with Gasteiger partial charge in [0.15, 0.2) is 0 Å². The van der Waals surface area contributed by atoms with Crippen LogP contribution in [0.3, 0.4) is 0 Å². The Kier molecular flexibility index (Phi) is 5.00. The maximum Gasteiger partial charge on any atom is 0.307 e. The van der Waals surface area contributed by atoms with Crippen molar-refractivity contribution >= 4 is 16.0 Å². The van der Waals surface area contributed by atoms with Crippen LogP contribution in [-0.2, 0) is 25.3 Å². The number of nitrogens with zero attached hydrogens (tertiary/aromatic N) is 2. The topological polar surface area (TPSA) is 89.7 Å². The Labute approximate surface area is 124 Å². The average molecular weight is 316 g/mol. The number of rotatable bonds is 5. The van der Waals surface area contributed by atoms with Crippen LogP contribution >= 0.6 is 0 Å². The summed E-state index contributed by atoms with van der Waals surface area (Å²) in [6.07, 6.45) is 2.48. The lowest BCUT2D eigenvalue weighted by Gasteiger charge is -2.33. The molecule has 1 atom stereocenters. The van der Waals surface area contributed by atoms with E-state index in [1.54, 1.807) is 13.0 Å². The molecule has 1 aromatic heterocycles. The molecule has 0 N–H and O–H groups in total. The van der Waals surface area contributed by atoms with Gasteiger partial charge in [0.25, 0.3) is 0 Å². The van der Waals surface area contributed by atoms with Gasteiger partial charge in [-0.25, -0.2) is 8.42 Å². The van der Waals surface area contributed by atoms with E-state index < -0.39 is 10.0 Å². The number of carbonyl (C=O) groups excluding carboxylic acids is 1. The Morgan fingerprint density at radius 2 is 2.29 bits per heavy atom. The second-order valence-electron chi connectivity index (χ2n) is 5.23. The SMILES string of the molecule is COC(=O)CC1CCCCN1S(=O)(=O)Cc1cc(C)on1. The van der Waals surface area contributed by atoms with Crippen LogP contribution in [0.1, 0.15) is 37.1 Å². The van der Waals surface area contributed by atoms with Crippen LogP contribution in [0.15, 0.2) is 10.6 Å². The van der Waals surface area contributed by atoms with Gasteiger partial charge in [-0.2, -0.15) is 4.31 Å². The minimum atomic E-state index is -3.52. The lowest BCUT2D eigenvalue weighted by Crippen LogP contribution is -2.45. The normalized spacial score (nSPS) is 20.4. The minimum absolute atomic E-state index is 0.0908. The third-order valence-electron chi connectivity index (χ3n) is 3.57. The summed E-state index contributed by atoms with van der Waals surface area (Å²) in [5.41, 5.74) is 0.384. The molecular weight excluding hydrogens is 296 g/mol. The van der Waals surface area contributed by atoms with Gasteiger partial charge in [0.2, 0.25) is 10.0 Å². The first-order valence-corrected chi connectivity index (χ1v) is 8.52. The van der Waals surface area contributed by atoms with Crippen molar-refractivity contribution in [1.82, 2.24) is 9.46 Å². The molecule has 0 amide bonds. The zero-order chi connectivity index (χ0) is 15.5. The number of methoxy groups -OCH3 is 1. The van der Waals surface area contributed by atoms with E-state index in [-0.39, 0.29) is 24.2 Å². The molecule has 1 aliphatic heterocycles. The number of carbonyl (C=O) groups is 1. The zero-order valence-electron chi connectivity index (χ0n) is 12.2. The first kappa shape index (κ1) is 16.0. The standard InChI is InChI=1S/C13H20N2O5S/c1-10-7-11(14-20-10)9-21(17,18)15-6-4-3-5-12(15)8-13(16)19-2/h7,12H,3-6,8-9H2,1-2H3. The molecule has 118 valence electrons. The number of ether oxygens (including phenoxy) is 1. The molecular formula is C13H20N2O5S. The highest BCUT2D eigenvalue weighted by atomic mass is 32.2. The third-order valence-corrected chi connectivity index (χ3v) is 5.42. The van der Waals surface area contributed by atoms with Crippen molar-refractivity contribution in [3.05, 3.63) is 17.5 Å². The van der Waals surface area contributed by atoms with Crippen LogP contribution < -0.4 is 0 Å². The summed E-state index contributed by atoms with van der Waals surface area (Å²) in [6, 6.07) is 1.28. The molecule has 0 saturated carbocycles. The van der Waals surface area contributed by atoms with Crippen molar-refractivity contribution in [1.29, 1.82) is 0 Å². The molecule has 0 aromatic carbocycles. The first-order chi connectivity index (χ1) is 9.92. The Morgan fingerprint density at radius 1 is 1.52 bits per heavy atom. The number of hydrogen-bond donors (Lipinski definition) is 0. The molecule has 8 heteroatoms. The lowest BCUT2D eigenvalue weighted by molar-refractivity contribution is -0.141. The van der Waals surface area contributed by atoms with Gasteiger partial charge in [-0.3, -0.25) is 4.79 Å². The monoisotopic (exact) mass is 316 g/mol. The summed E-state index contributed by atoms with van der Waals surface area (Å²) in [5.74, 6) is -0.0218. The van der Waals surface area contributed by atoms with Crippen molar-refractivity contribution < 1.29 is 22.5 Å². The van der Waals surface area contributed by atoms with Crippen molar-refractivity contribution in [2.75, 3.05) is 13.7 Å². The highest BCUT2D eigenvalue weighted by Gasteiger charge is 2.34. The minimum Gasteiger partial charge on any atom is -0.469 e. The molecule has 1 aliphatic rings. The van der Waals surface area contributed by atoms with E-state index in [4.69, 9.17) is 4.52 Å². The number of piperidine rings is 1. The van der Waals surface area contributed by atoms with Crippen LogP contribution in [-0.4, -0.2) is 43.5 Å². The van der Waals surface area contributed by atoms with E-state index in [2.05, 4.69) is 9.89 Å². The van der Waals surface area contributed by atoms with Crippen molar-refractivity contribution in [2.24, 2.45) is 0 Å². The summed E-state index contributed by atoms with van der Waals surface area (Å²) in [5, 5.41) is 3.73. The Balaban J connectivity index is 2.13. The maximum absolute atomic E-state index is 12.5. The molecule has 21 heavy (non-hydrogen) atoms. The number of hydrogen-bond acceptors (Lipinski definition) is 6. The van der Waals surface area contributed by atoms with Crippen molar-refractivity contribution in [2.45, 2.75) is 44.4 Å². The molecule has 1 aromatic rings. The fraction of sp³-hybridized carbons (Fsp3) is 0.692. The molecule has 0 spiro atoms. The highest BCUT2D eigenvalue weighted by Crippen LogP contribution is 2.25. The van der Waals surface area contributed by atoms with Crippen molar-refractivity contribution in [3.63, 3.8) is 0 Å². The molecule has 1 fully saturated rings. The number of aromatic nitrogens is 1. The number of sulfonamides is 1. The number of aryl methyl sites for hydroxylation is 1. The lowest BCUT2D eigenvalue weighted by atomic mass is 10.0. The van der Waals surface area contributed by atoms with Gasteiger partial charge in [-0.1, -0.05) is 11.6 Å². The van der Waals surface area contributed by atoms with E-state index in [0.717, 1.165) is 12.8 Å². The van der Waals surface area contributed by atoms with Crippen LogP contribution in [0.4, 0.5) is 0 Å². The molecule has 1 saturated heterocycles. The van der Waals surface area contributed by atoms with Crippen LogP contribution in [0.5, 0.6) is 0 Å². The van der Waals surface area contributed by atoms with E-state index in [1.165, 1.54) is 11.4 Å². The van der Waals surface area contributed by atoms with Crippen molar-refractivity contribution in [3.8, 4) is 0 Å². The molecule has 0 aliphatic carbocycles. The summed E-state index contributed by atoms with van der Waals surface area (Å²) in [7, 11) is -2.22. The molecule has 2 heterocycles. The van der Waals surface area contributed by atoms with Crippen LogP contribution in [0.25, 0.3) is 0 Å². The molecule has 0 radical (unpaired) electrons. The Morgan fingerprint density at radius 3 is 2.90 bits per heavy atom. The van der Waals surface area contributed by atoms with Gasteiger partial charge in [0.1, 0.15) is 17.2 Å².